The van der Waals surface area contributed by atoms with Crippen molar-refractivity contribution in [2.75, 3.05) is 13.7 Å². The van der Waals surface area contributed by atoms with Gasteiger partial charge in [0, 0.05) is 13.2 Å². The second-order valence-electron chi connectivity index (χ2n) is 5.14. The molecule has 0 aliphatic heterocycles. The van der Waals surface area contributed by atoms with Crippen molar-refractivity contribution in [2.24, 2.45) is 0 Å². The lowest BCUT2D eigenvalue weighted by atomic mass is 9.89. The molecule has 4 heteroatoms. The van der Waals surface area contributed by atoms with Crippen LogP contribution in [0.4, 0.5) is 0 Å². The van der Waals surface area contributed by atoms with Gasteiger partial charge >= 0.3 is 5.97 Å². The van der Waals surface area contributed by atoms with E-state index in [1.165, 1.54) is 7.11 Å². The molecule has 0 heterocycles. The highest BCUT2D eigenvalue weighted by Crippen LogP contribution is 2.27. The summed E-state index contributed by atoms with van der Waals surface area (Å²) in [6.07, 6.45) is 4.39. The maximum atomic E-state index is 11.9. The van der Waals surface area contributed by atoms with Crippen molar-refractivity contribution in [3.63, 3.8) is 0 Å². The predicted octanol–water partition coefficient (Wildman–Crippen LogP) is 2.15. The fourth-order valence-corrected chi connectivity index (χ4v) is 2.81. The summed E-state index contributed by atoms with van der Waals surface area (Å²) in [6.45, 7) is 0.128. The molecule has 1 saturated carbocycles. The average Bonchev–Trinajstić information content (AvgIpc) is 2.91. The molecule has 0 radical (unpaired) electrons. The Bertz CT molecular complexity index is 415. The lowest BCUT2D eigenvalue weighted by Gasteiger charge is -2.33. The van der Waals surface area contributed by atoms with Crippen LogP contribution in [0.1, 0.15) is 31.2 Å². The molecule has 4 nitrogen and oxygen atoms in total. The van der Waals surface area contributed by atoms with E-state index in [4.69, 9.17) is 4.74 Å². The molecule has 1 aliphatic carbocycles. The molecular formula is C15H21NO3. The molecule has 1 atom stereocenters. The minimum atomic E-state index is -1.15. The Kier molecular flexibility index (Phi) is 4.56. The summed E-state index contributed by atoms with van der Waals surface area (Å²) in [5.74, 6) is -0.882. The largest absolute Gasteiger partial charge is 0.480 e. The predicted molar refractivity (Wildman–Crippen MR) is 73.0 cm³/mol. The summed E-state index contributed by atoms with van der Waals surface area (Å²) < 4.78 is 5.19. The normalized spacial score (nSPS) is 19.2. The van der Waals surface area contributed by atoms with Crippen LogP contribution in [0.3, 0.4) is 0 Å². The van der Waals surface area contributed by atoms with Gasteiger partial charge in [-0.15, -0.1) is 0 Å². The van der Waals surface area contributed by atoms with Crippen LogP contribution in [-0.4, -0.2) is 30.8 Å². The highest BCUT2D eigenvalue weighted by Gasteiger charge is 2.42. The van der Waals surface area contributed by atoms with Crippen LogP contribution in [0.5, 0.6) is 0 Å². The van der Waals surface area contributed by atoms with Crippen LogP contribution in [0.15, 0.2) is 30.3 Å². The Morgan fingerprint density at radius 3 is 2.53 bits per heavy atom. The van der Waals surface area contributed by atoms with Crippen LogP contribution < -0.4 is 5.32 Å². The van der Waals surface area contributed by atoms with E-state index in [-0.39, 0.29) is 12.6 Å². The number of ether oxygens (including phenoxy) is 1. The van der Waals surface area contributed by atoms with Crippen molar-refractivity contribution in [3.05, 3.63) is 35.9 Å². The Hall–Kier alpha value is -1.39. The van der Waals surface area contributed by atoms with Crippen molar-refractivity contribution in [3.8, 4) is 0 Å². The molecule has 0 amide bonds. The Morgan fingerprint density at radius 2 is 2.00 bits per heavy atom. The standard InChI is InChI=1S/C15H21NO3/c1-19-11-15(14(17)18,12-7-3-2-4-8-12)16-13-9-5-6-10-13/h2-4,7-8,13,16H,5-6,9-11H2,1H3,(H,17,18). The summed E-state index contributed by atoms with van der Waals surface area (Å²) in [5.41, 5.74) is -0.401. The summed E-state index contributed by atoms with van der Waals surface area (Å²) in [6, 6.07) is 9.55. The van der Waals surface area contributed by atoms with Crippen molar-refractivity contribution >= 4 is 5.97 Å². The second kappa shape index (κ2) is 6.17. The molecule has 1 fully saturated rings. The topological polar surface area (TPSA) is 58.6 Å². The van der Waals surface area contributed by atoms with Gasteiger partial charge in [0.2, 0.25) is 0 Å². The zero-order valence-electron chi connectivity index (χ0n) is 11.3. The smallest absolute Gasteiger partial charge is 0.331 e. The van der Waals surface area contributed by atoms with Crippen molar-refractivity contribution in [1.29, 1.82) is 0 Å². The summed E-state index contributed by atoms with van der Waals surface area (Å²) in [7, 11) is 1.54. The summed E-state index contributed by atoms with van der Waals surface area (Å²) in [4.78, 5) is 11.9. The molecule has 19 heavy (non-hydrogen) atoms. The SMILES string of the molecule is COCC(NC1CCCC1)(C(=O)O)c1ccccc1. The number of benzene rings is 1. The number of carboxylic acid groups (broad SMARTS) is 1. The van der Waals surface area contributed by atoms with E-state index in [0.29, 0.717) is 0 Å². The van der Waals surface area contributed by atoms with Gasteiger partial charge in [0.05, 0.1) is 6.61 Å². The van der Waals surface area contributed by atoms with E-state index in [1.54, 1.807) is 0 Å². The van der Waals surface area contributed by atoms with Crippen molar-refractivity contribution in [2.45, 2.75) is 37.3 Å². The van der Waals surface area contributed by atoms with E-state index >= 15 is 0 Å². The monoisotopic (exact) mass is 263 g/mol. The van der Waals surface area contributed by atoms with E-state index in [2.05, 4.69) is 5.32 Å². The van der Waals surface area contributed by atoms with Gasteiger partial charge in [0.1, 0.15) is 0 Å². The Morgan fingerprint density at radius 1 is 1.37 bits per heavy atom. The van der Waals surface area contributed by atoms with E-state index in [9.17, 15) is 9.90 Å². The minimum absolute atomic E-state index is 0.128. The van der Waals surface area contributed by atoms with Gasteiger partial charge in [-0.3, -0.25) is 5.32 Å². The zero-order valence-corrected chi connectivity index (χ0v) is 11.3. The number of hydrogen-bond acceptors (Lipinski definition) is 3. The van der Waals surface area contributed by atoms with Gasteiger partial charge in [0.15, 0.2) is 5.54 Å². The molecule has 0 bridgehead atoms. The van der Waals surface area contributed by atoms with Crippen LogP contribution >= 0.6 is 0 Å². The Labute approximate surface area is 113 Å². The molecule has 0 aromatic heterocycles. The van der Waals surface area contributed by atoms with Gasteiger partial charge in [-0.05, 0) is 18.4 Å². The third kappa shape index (κ3) is 2.96. The summed E-state index contributed by atoms with van der Waals surface area (Å²) in [5, 5.41) is 13.0. The van der Waals surface area contributed by atoms with Gasteiger partial charge in [-0.1, -0.05) is 43.2 Å². The van der Waals surface area contributed by atoms with Crippen molar-refractivity contribution in [1.82, 2.24) is 5.32 Å². The first-order valence-corrected chi connectivity index (χ1v) is 6.74. The van der Waals surface area contributed by atoms with E-state index < -0.39 is 11.5 Å². The number of carboxylic acids is 1. The quantitative estimate of drug-likeness (QED) is 0.825. The number of rotatable bonds is 6. The first kappa shape index (κ1) is 14.0. The lowest BCUT2D eigenvalue weighted by Crippen LogP contribution is -2.55. The molecule has 2 rings (SSSR count). The fourth-order valence-electron chi connectivity index (χ4n) is 2.81. The third-order valence-electron chi connectivity index (χ3n) is 3.80. The fraction of sp³-hybridized carbons (Fsp3) is 0.533. The number of methoxy groups -OCH3 is 1. The number of nitrogens with one attached hydrogen (secondary N) is 1. The van der Waals surface area contributed by atoms with E-state index in [1.807, 2.05) is 30.3 Å². The lowest BCUT2D eigenvalue weighted by molar-refractivity contribution is -0.148. The first-order valence-electron chi connectivity index (χ1n) is 6.74. The van der Waals surface area contributed by atoms with Gasteiger partial charge < -0.3 is 9.84 Å². The van der Waals surface area contributed by atoms with Crippen LogP contribution in [0.2, 0.25) is 0 Å². The second-order valence-corrected chi connectivity index (χ2v) is 5.14. The first-order chi connectivity index (χ1) is 9.19. The van der Waals surface area contributed by atoms with E-state index in [0.717, 1.165) is 31.2 Å². The molecule has 1 aromatic rings. The third-order valence-corrected chi connectivity index (χ3v) is 3.80. The molecule has 1 unspecified atom stereocenters. The van der Waals surface area contributed by atoms with Crippen LogP contribution in [0.25, 0.3) is 0 Å². The van der Waals surface area contributed by atoms with Crippen LogP contribution in [0, 0.1) is 0 Å². The number of carbonyl (C=O) groups is 1. The Balaban J connectivity index is 2.32. The molecule has 0 spiro atoms. The molecule has 104 valence electrons. The molecule has 2 N–H and O–H groups in total. The molecule has 1 aliphatic rings. The molecular weight excluding hydrogens is 242 g/mol. The van der Waals surface area contributed by atoms with Crippen molar-refractivity contribution < 1.29 is 14.6 Å². The zero-order chi connectivity index (χ0) is 13.7. The number of aliphatic carboxylic acids is 1. The maximum Gasteiger partial charge on any atom is 0.331 e. The van der Waals surface area contributed by atoms with Crippen LogP contribution in [-0.2, 0) is 15.1 Å². The van der Waals surface area contributed by atoms with Gasteiger partial charge in [0.25, 0.3) is 0 Å². The molecule has 0 saturated heterocycles. The van der Waals surface area contributed by atoms with Gasteiger partial charge in [-0.25, -0.2) is 4.79 Å². The number of hydrogen-bond donors (Lipinski definition) is 2. The molecule has 1 aromatic carbocycles. The highest BCUT2D eigenvalue weighted by molar-refractivity contribution is 5.81. The van der Waals surface area contributed by atoms with Gasteiger partial charge in [-0.2, -0.15) is 0 Å². The minimum Gasteiger partial charge on any atom is -0.480 e. The summed E-state index contributed by atoms with van der Waals surface area (Å²) >= 11 is 0. The average molecular weight is 263 g/mol. The maximum absolute atomic E-state index is 11.9. The highest BCUT2D eigenvalue weighted by atomic mass is 16.5.